The number of amidine groups is 1. The third-order valence-electron chi connectivity index (χ3n) is 2.58. The van der Waals surface area contributed by atoms with Gasteiger partial charge in [0.15, 0.2) is 0 Å². The fourth-order valence-corrected chi connectivity index (χ4v) is 1.82. The molecule has 0 spiro atoms. The van der Waals surface area contributed by atoms with Gasteiger partial charge in [0.2, 0.25) is 0 Å². The van der Waals surface area contributed by atoms with Crippen molar-refractivity contribution in [3.63, 3.8) is 0 Å². The van der Waals surface area contributed by atoms with E-state index >= 15 is 0 Å². The van der Waals surface area contributed by atoms with Crippen molar-refractivity contribution in [2.45, 2.75) is 25.8 Å². The summed E-state index contributed by atoms with van der Waals surface area (Å²) in [6, 6.07) is 0.183. The summed E-state index contributed by atoms with van der Waals surface area (Å²) in [4.78, 5) is 13.3. The average Bonchev–Trinajstić information content (AvgIpc) is 2.20. The maximum atomic E-state index is 11.2. The molecular weight excluding hydrogens is 208 g/mol. The highest BCUT2D eigenvalue weighted by Gasteiger charge is 2.20. The van der Waals surface area contributed by atoms with Crippen LogP contribution < -0.4 is 11.1 Å². The van der Waals surface area contributed by atoms with E-state index < -0.39 is 0 Å². The first-order chi connectivity index (χ1) is 7.61. The van der Waals surface area contributed by atoms with Crippen LogP contribution in [0.5, 0.6) is 0 Å². The predicted molar refractivity (Wildman–Crippen MR) is 61.5 cm³/mol. The van der Waals surface area contributed by atoms with Crippen molar-refractivity contribution in [2.75, 3.05) is 26.2 Å². The molecule has 0 aromatic carbocycles. The number of nitrogens with zero attached hydrogens (tertiary/aromatic N) is 1. The molecule has 0 aliphatic carbocycles. The monoisotopic (exact) mass is 228 g/mol. The van der Waals surface area contributed by atoms with Gasteiger partial charge in [0.1, 0.15) is 5.84 Å². The molecule has 4 N–H and O–H groups in total. The van der Waals surface area contributed by atoms with Crippen LogP contribution in [0.4, 0.5) is 4.79 Å². The van der Waals surface area contributed by atoms with Gasteiger partial charge in [-0.25, -0.2) is 4.79 Å². The second-order valence-electron chi connectivity index (χ2n) is 3.94. The molecule has 6 nitrogen and oxygen atoms in total. The van der Waals surface area contributed by atoms with E-state index in [0.717, 1.165) is 25.9 Å². The number of hydrogen-bond acceptors (Lipinski definition) is 4. The van der Waals surface area contributed by atoms with Crippen LogP contribution in [-0.2, 0) is 4.74 Å². The van der Waals surface area contributed by atoms with Crippen LogP contribution in [-0.4, -0.2) is 49.1 Å². The Morgan fingerprint density at radius 2 is 2.19 bits per heavy atom. The van der Waals surface area contributed by atoms with Crippen molar-refractivity contribution in [1.82, 2.24) is 10.2 Å². The van der Waals surface area contributed by atoms with Crippen LogP contribution >= 0.6 is 0 Å². The van der Waals surface area contributed by atoms with Gasteiger partial charge in [0, 0.05) is 19.1 Å². The van der Waals surface area contributed by atoms with Crippen molar-refractivity contribution >= 4 is 11.9 Å². The van der Waals surface area contributed by atoms with E-state index in [4.69, 9.17) is 15.9 Å². The zero-order valence-electron chi connectivity index (χ0n) is 9.66. The van der Waals surface area contributed by atoms with E-state index in [9.17, 15) is 4.79 Å². The molecule has 0 saturated carbocycles. The zero-order valence-corrected chi connectivity index (χ0v) is 9.66. The van der Waals surface area contributed by atoms with Gasteiger partial charge in [0.05, 0.1) is 13.2 Å². The number of carbonyl (C=O) groups is 1. The van der Waals surface area contributed by atoms with Crippen LogP contribution in [0.15, 0.2) is 0 Å². The molecule has 1 aliphatic heterocycles. The second-order valence-corrected chi connectivity index (χ2v) is 3.94. The molecule has 1 fully saturated rings. The van der Waals surface area contributed by atoms with Crippen molar-refractivity contribution in [2.24, 2.45) is 5.73 Å². The molecule has 0 atom stereocenters. The van der Waals surface area contributed by atoms with E-state index in [1.165, 1.54) is 0 Å². The molecule has 0 radical (unpaired) electrons. The number of carbonyl (C=O) groups excluding carboxylic acids is 1. The summed E-state index contributed by atoms with van der Waals surface area (Å²) in [7, 11) is 0. The molecule has 0 bridgehead atoms. The summed E-state index contributed by atoms with van der Waals surface area (Å²) >= 11 is 0. The Kier molecular flexibility index (Phi) is 5.04. The molecule has 1 saturated heterocycles. The van der Waals surface area contributed by atoms with E-state index in [0.29, 0.717) is 13.2 Å². The summed E-state index contributed by atoms with van der Waals surface area (Å²) in [6.07, 6.45) is 1.42. The number of piperidine rings is 1. The fourth-order valence-electron chi connectivity index (χ4n) is 1.82. The molecule has 1 aliphatic rings. The Morgan fingerprint density at radius 1 is 1.56 bits per heavy atom. The lowest BCUT2D eigenvalue weighted by atomic mass is 10.1. The minimum Gasteiger partial charge on any atom is -0.450 e. The van der Waals surface area contributed by atoms with Gasteiger partial charge < -0.3 is 15.8 Å². The SMILES string of the molecule is CCOC(=O)NC1CCN(CC(=N)N)CC1. The molecule has 92 valence electrons. The van der Waals surface area contributed by atoms with Crippen LogP contribution in [0.25, 0.3) is 0 Å². The van der Waals surface area contributed by atoms with Crippen molar-refractivity contribution in [3.05, 3.63) is 0 Å². The van der Waals surface area contributed by atoms with Gasteiger partial charge in [-0.2, -0.15) is 0 Å². The number of nitrogens with one attached hydrogen (secondary N) is 2. The third kappa shape index (κ3) is 4.48. The smallest absolute Gasteiger partial charge is 0.407 e. The molecule has 0 unspecified atom stereocenters. The highest BCUT2D eigenvalue weighted by atomic mass is 16.5. The van der Waals surface area contributed by atoms with Gasteiger partial charge in [-0.3, -0.25) is 10.3 Å². The molecule has 0 aromatic heterocycles. The largest absolute Gasteiger partial charge is 0.450 e. The number of likely N-dealkylation sites (tertiary alicyclic amines) is 1. The Morgan fingerprint density at radius 3 is 2.69 bits per heavy atom. The molecule has 16 heavy (non-hydrogen) atoms. The lowest BCUT2D eigenvalue weighted by Gasteiger charge is -2.31. The van der Waals surface area contributed by atoms with Crippen molar-refractivity contribution in [1.29, 1.82) is 5.41 Å². The minimum atomic E-state index is -0.340. The highest BCUT2D eigenvalue weighted by molar-refractivity contribution is 5.78. The number of ether oxygens (including phenoxy) is 1. The summed E-state index contributed by atoms with van der Waals surface area (Å²) in [6.45, 7) is 4.42. The van der Waals surface area contributed by atoms with Gasteiger partial charge in [-0.1, -0.05) is 0 Å². The van der Waals surface area contributed by atoms with Crippen molar-refractivity contribution < 1.29 is 9.53 Å². The summed E-state index contributed by atoms with van der Waals surface area (Å²) in [5.74, 6) is 0.191. The maximum Gasteiger partial charge on any atom is 0.407 e. The number of nitrogens with two attached hydrogens (primary N) is 1. The minimum absolute atomic E-state index is 0.183. The maximum absolute atomic E-state index is 11.2. The first-order valence-corrected chi connectivity index (χ1v) is 5.60. The Bertz CT molecular complexity index is 249. The van der Waals surface area contributed by atoms with Crippen LogP contribution in [0.2, 0.25) is 0 Å². The molecule has 1 amide bonds. The fraction of sp³-hybridized carbons (Fsp3) is 0.800. The quantitative estimate of drug-likeness (QED) is 0.471. The van der Waals surface area contributed by atoms with Gasteiger partial charge >= 0.3 is 6.09 Å². The number of rotatable bonds is 4. The highest BCUT2D eigenvalue weighted by Crippen LogP contribution is 2.09. The van der Waals surface area contributed by atoms with E-state index in [-0.39, 0.29) is 18.0 Å². The molecule has 6 heteroatoms. The molecular formula is C10H20N4O2. The van der Waals surface area contributed by atoms with E-state index in [1.807, 2.05) is 0 Å². The standard InChI is InChI=1S/C10H20N4O2/c1-2-16-10(15)13-8-3-5-14(6-4-8)7-9(11)12/h8H,2-7H2,1H3,(H3,11,12)(H,13,15). The molecule has 0 aromatic rings. The van der Waals surface area contributed by atoms with Crippen molar-refractivity contribution in [3.8, 4) is 0 Å². The lowest BCUT2D eigenvalue weighted by molar-refractivity contribution is 0.139. The lowest BCUT2D eigenvalue weighted by Crippen LogP contribution is -2.46. The van der Waals surface area contributed by atoms with Crippen LogP contribution in [0.1, 0.15) is 19.8 Å². The third-order valence-corrected chi connectivity index (χ3v) is 2.58. The Hall–Kier alpha value is -1.30. The predicted octanol–water partition coefficient (Wildman–Crippen LogP) is 0.133. The second kappa shape index (κ2) is 6.32. The number of hydrogen-bond donors (Lipinski definition) is 3. The first-order valence-electron chi connectivity index (χ1n) is 5.60. The van der Waals surface area contributed by atoms with Gasteiger partial charge in [-0.15, -0.1) is 0 Å². The Labute approximate surface area is 95.6 Å². The van der Waals surface area contributed by atoms with Crippen LogP contribution in [0, 0.1) is 5.41 Å². The first kappa shape index (κ1) is 12.8. The Balaban J connectivity index is 2.21. The summed E-state index contributed by atoms with van der Waals surface area (Å²) in [5.41, 5.74) is 5.33. The van der Waals surface area contributed by atoms with Crippen LogP contribution in [0.3, 0.4) is 0 Å². The van der Waals surface area contributed by atoms with Gasteiger partial charge in [0.25, 0.3) is 0 Å². The van der Waals surface area contributed by atoms with E-state index in [2.05, 4.69) is 10.2 Å². The molecule has 1 rings (SSSR count). The summed E-state index contributed by atoms with van der Waals surface area (Å²) < 4.78 is 4.82. The normalized spacial score (nSPS) is 18.1. The zero-order chi connectivity index (χ0) is 12.0. The topological polar surface area (TPSA) is 91.4 Å². The number of alkyl carbamates (subject to hydrolysis) is 1. The summed E-state index contributed by atoms with van der Waals surface area (Å²) in [5, 5.41) is 10.0. The molecule has 1 heterocycles. The van der Waals surface area contributed by atoms with Gasteiger partial charge in [-0.05, 0) is 19.8 Å². The number of amides is 1. The van der Waals surface area contributed by atoms with E-state index in [1.54, 1.807) is 6.92 Å². The average molecular weight is 228 g/mol.